The molecule has 1 aromatic heterocycles. The van der Waals surface area contributed by atoms with Crippen LogP contribution in [0.25, 0.3) is 11.6 Å². The molecule has 0 atom stereocenters. The molecule has 1 nitrogen and oxygen atoms in total. The third kappa shape index (κ3) is 1.66. The Labute approximate surface area is 101 Å². The monoisotopic (exact) mass is 277 g/mol. The zero-order valence-electron chi connectivity index (χ0n) is 7.90. The minimum absolute atomic E-state index is 0.953. The van der Waals surface area contributed by atoms with Gasteiger partial charge in [-0.2, -0.15) is 0 Å². The van der Waals surface area contributed by atoms with Crippen molar-refractivity contribution >= 4 is 38.9 Å². The Balaban J connectivity index is 2.01. The molecule has 1 aliphatic rings. The van der Waals surface area contributed by atoms with Gasteiger partial charge in [-0.1, -0.05) is 24.3 Å². The van der Waals surface area contributed by atoms with Crippen LogP contribution >= 0.6 is 27.3 Å². The van der Waals surface area contributed by atoms with E-state index in [9.17, 15) is 0 Å². The van der Waals surface area contributed by atoms with Crippen LogP contribution in [0.1, 0.15) is 16.0 Å². The number of benzene rings is 1. The number of rotatable bonds is 1. The van der Waals surface area contributed by atoms with Gasteiger partial charge in [0, 0.05) is 6.20 Å². The SMILES string of the molecule is Brc1ncc(C2=Cc3ccccc3C2)s1. The second-order valence-corrected chi connectivity index (χ2v) is 5.83. The number of fused-ring (bicyclic) bond motifs is 1. The lowest BCUT2D eigenvalue weighted by atomic mass is 10.1. The Morgan fingerprint density at radius 2 is 2.13 bits per heavy atom. The zero-order chi connectivity index (χ0) is 10.3. The Kier molecular flexibility index (Phi) is 2.22. The van der Waals surface area contributed by atoms with Crippen LogP contribution in [0.2, 0.25) is 0 Å². The van der Waals surface area contributed by atoms with Gasteiger partial charge in [0.25, 0.3) is 0 Å². The van der Waals surface area contributed by atoms with Gasteiger partial charge in [0.05, 0.1) is 4.88 Å². The molecule has 0 aliphatic heterocycles. The molecule has 15 heavy (non-hydrogen) atoms. The quantitative estimate of drug-likeness (QED) is 0.768. The fraction of sp³-hybridized carbons (Fsp3) is 0.0833. The topological polar surface area (TPSA) is 12.9 Å². The lowest BCUT2D eigenvalue weighted by molar-refractivity contribution is 1.31. The van der Waals surface area contributed by atoms with E-state index < -0.39 is 0 Å². The Hall–Kier alpha value is -0.930. The van der Waals surface area contributed by atoms with E-state index in [-0.39, 0.29) is 0 Å². The number of hydrogen-bond donors (Lipinski definition) is 0. The summed E-state index contributed by atoms with van der Waals surface area (Å²) in [5.41, 5.74) is 4.13. The molecule has 0 N–H and O–H groups in total. The highest BCUT2D eigenvalue weighted by atomic mass is 79.9. The van der Waals surface area contributed by atoms with Crippen LogP contribution in [0, 0.1) is 0 Å². The summed E-state index contributed by atoms with van der Waals surface area (Å²) in [6, 6.07) is 8.53. The summed E-state index contributed by atoms with van der Waals surface area (Å²) >= 11 is 5.09. The molecule has 0 radical (unpaired) electrons. The van der Waals surface area contributed by atoms with E-state index in [1.807, 2.05) is 6.20 Å². The molecule has 3 heteroatoms. The van der Waals surface area contributed by atoms with E-state index >= 15 is 0 Å². The molecule has 2 aromatic rings. The fourth-order valence-corrected chi connectivity index (χ4v) is 3.12. The first kappa shape index (κ1) is 9.31. The van der Waals surface area contributed by atoms with Crippen molar-refractivity contribution in [3.05, 3.63) is 50.4 Å². The average Bonchev–Trinajstić information content (AvgIpc) is 2.82. The summed E-state index contributed by atoms with van der Waals surface area (Å²) in [6.07, 6.45) is 5.23. The molecule has 3 rings (SSSR count). The summed E-state index contributed by atoms with van der Waals surface area (Å²) in [5.74, 6) is 0. The van der Waals surface area contributed by atoms with Gasteiger partial charge >= 0.3 is 0 Å². The second-order valence-electron chi connectivity index (χ2n) is 3.52. The summed E-state index contributed by atoms with van der Waals surface area (Å²) in [6.45, 7) is 0. The highest BCUT2D eigenvalue weighted by molar-refractivity contribution is 9.11. The molecular weight excluding hydrogens is 270 g/mol. The van der Waals surface area contributed by atoms with Gasteiger partial charge in [-0.15, -0.1) is 11.3 Å². The van der Waals surface area contributed by atoms with Crippen LogP contribution < -0.4 is 0 Å². The van der Waals surface area contributed by atoms with Crippen LogP contribution in [0.5, 0.6) is 0 Å². The summed E-state index contributed by atoms with van der Waals surface area (Å²) < 4.78 is 0.953. The molecule has 0 saturated carbocycles. The number of allylic oxidation sites excluding steroid dienone is 1. The molecule has 74 valence electrons. The number of aromatic nitrogens is 1. The van der Waals surface area contributed by atoms with Gasteiger partial charge in [-0.05, 0) is 45.1 Å². The maximum atomic E-state index is 4.22. The van der Waals surface area contributed by atoms with Crippen molar-refractivity contribution in [2.45, 2.75) is 6.42 Å². The fourth-order valence-electron chi connectivity index (χ4n) is 1.84. The molecule has 0 saturated heterocycles. The molecule has 0 amide bonds. The molecule has 0 unspecified atom stereocenters. The van der Waals surface area contributed by atoms with Gasteiger partial charge in [0.2, 0.25) is 0 Å². The van der Waals surface area contributed by atoms with E-state index in [0.29, 0.717) is 0 Å². The standard InChI is InChI=1S/C12H8BrNS/c13-12-14-7-11(15-12)10-5-8-3-1-2-4-9(8)6-10/h1-5,7H,6H2. The van der Waals surface area contributed by atoms with Gasteiger partial charge in [0.15, 0.2) is 3.92 Å². The Bertz CT molecular complexity index is 542. The Morgan fingerprint density at radius 3 is 2.87 bits per heavy atom. The van der Waals surface area contributed by atoms with Gasteiger partial charge in [0.1, 0.15) is 0 Å². The lowest BCUT2D eigenvalue weighted by Crippen LogP contribution is -1.81. The first-order chi connectivity index (χ1) is 7.33. The number of halogens is 1. The number of thiazole rings is 1. The van der Waals surface area contributed by atoms with Crippen LogP contribution in [0.3, 0.4) is 0 Å². The van der Waals surface area contributed by atoms with Gasteiger partial charge in [-0.25, -0.2) is 4.98 Å². The molecular formula is C12H8BrNS. The van der Waals surface area contributed by atoms with E-state index in [4.69, 9.17) is 0 Å². The predicted octanol–water partition coefficient (Wildman–Crippen LogP) is 4.00. The van der Waals surface area contributed by atoms with E-state index in [0.717, 1.165) is 10.3 Å². The summed E-state index contributed by atoms with van der Waals surface area (Å²) in [5, 5.41) is 0. The average molecular weight is 278 g/mol. The largest absolute Gasteiger partial charge is 0.237 e. The van der Waals surface area contributed by atoms with E-state index in [1.54, 1.807) is 11.3 Å². The third-order valence-electron chi connectivity index (χ3n) is 2.56. The third-order valence-corrected chi connectivity index (χ3v) is 4.11. The van der Waals surface area contributed by atoms with Crippen molar-refractivity contribution in [1.82, 2.24) is 4.98 Å². The minimum Gasteiger partial charge on any atom is -0.237 e. The zero-order valence-corrected chi connectivity index (χ0v) is 10.3. The molecule has 0 fully saturated rings. The minimum atomic E-state index is 0.953. The van der Waals surface area contributed by atoms with Gasteiger partial charge < -0.3 is 0 Å². The number of hydrogen-bond acceptors (Lipinski definition) is 2. The maximum Gasteiger partial charge on any atom is 0.159 e. The van der Waals surface area contributed by atoms with Crippen molar-refractivity contribution in [3.63, 3.8) is 0 Å². The summed E-state index contributed by atoms with van der Waals surface area (Å²) in [4.78, 5) is 5.48. The predicted molar refractivity (Wildman–Crippen MR) is 67.8 cm³/mol. The molecule has 1 heterocycles. The van der Waals surface area contributed by atoms with E-state index in [1.165, 1.54) is 21.6 Å². The normalized spacial score (nSPS) is 13.8. The van der Waals surface area contributed by atoms with Crippen molar-refractivity contribution in [1.29, 1.82) is 0 Å². The van der Waals surface area contributed by atoms with Crippen LogP contribution in [0.15, 0.2) is 34.4 Å². The van der Waals surface area contributed by atoms with Crippen LogP contribution in [-0.2, 0) is 6.42 Å². The van der Waals surface area contributed by atoms with Crippen molar-refractivity contribution in [2.75, 3.05) is 0 Å². The highest BCUT2D eigenvalue weighted by Gasteiger charge is 2.14. The molecule has 0 spiro atoms. The molecule has 0 bridgehead atoms. The Morgan fingerprint density at radius 1 is 1.27 bits per heavy atom. The smallest absolute Gasteiger partial charge is 0.159 e. The van der Waals surface area contributed by atoms with Crippen molar-refractivity contribution in [3.8, 4) is 0 Å². The highest BCUT2D eigenvalue weighted by Crippen LogP contribution is 2.34. The number of nitrogens with zero attached hydrogens (tertiary/aromatic N) is 1. The van der Waals surface area contributed by atoms with Crippen molar-refractivity contribution in [2.24, 2.45) is 0 Å². The van der Waals surface area contributed by atoms with Crippen molar-refractivity contribution < 1.29 is 0 Å². The molecule has 1 aromatic carbocycles. The van der Waals surface area contributed by atoms with Crippen LogP contribution in [-0.4, -0.2) is 4.98 Å². The first-order valence-electron chi connectivity index (χ1n) is 4.73. The van der Waals surface area contributed by atoms with Crippen LogP contribution in [0.4, 0.5) is 0 Å². The lowest BCUT2D eigenvalue weighted by Gasteiger charge is -1.96. The maximum absolute atomic E-state index is 4.22. The molecule has 1 aliphatic carbocycles. The second kappa shape index (κ2) is 3.58. The first-order valence-corrected chi connectivity index (χ1v) is 6.34. The van der Waals surface area contributed by atoms with Gasteiger partial charge in [-0.3, -0.25) is 0 Å². The van der Waals surface area contributed by atoms with E-state index in [2.05, 4.69) is 51.3 Å². The summed E-state index contributed by atoms with van der Waals surface area (Å²) in [7, 11) is 0.